The second-order valence-corrected chi connectivity index (χ2v) is 4.63. The minimum Gasteiger partial charge on any atom is -0.386 e. The molecule has 0 spiro atoms. The highest BCUT2D eigenvalue weighted by atomic mass is 35.5. The molecule has 0 aliphatic rings. The molecule has 10 heteroatoms. The number of nitrogens with one attached hydrogen (secondary N) is 3. The molecule has 0 aliphatic carbocycles. The van der Waals surface area contributed by atoms with Crippen LogP contribution in [0.2, 0.25) is 5.02 Å². The molecule has 1 heterocycles. The fourth-order valence-corrected chi connectivity index (χ4v) is 1.67. The first-order valence-electron chi connectivity index (χ1n) is 6.06. The van der Waals surface area contributed by atoms with E-state index in [2.05, 4.69) is 20.6 Å². The molecule has 114 valence electrons. The van der Waals surface area contributed by atoms with Gasteiger partial charge >= 0.3 is 5.69 Å². The number of halogens is 1. The standard InChI is InChI=1S/C12H12ClN7O2/c13-7-1-3-8(4-2-7)18-12-17-5-9(20(21)22)11(19-12)16-6-10(14)15/h1-5H,6H2,(H3,14,15)(H2,16,17,18,19). The maximum Gasteiger partial charge on any atom is 0.329 e. The van der Waals surface area contributed by atoms with Crippen molar-refractivity contribution in [3.05, 3.63) is 45.6 Å². The zero-order chi connectivity index (χ0) is 16.1. The third-order valence-electron chi connectivity index (χ3n) is 2.51. The monoisotopic (exact) mass is 321 g/mol. The molecular weight excluding hydrogens is 310 g/mol. The van der Waals surface area contributed by atoms with E-state index in [-0.39, 0.29) is 29.8 Å². The summed E-state index contributed by atoms with van der Waals surface area (Å²) in [4.78, 5) is 18.2. The Balaban J connectivity index is 2.25. The van der Waals surface area contributed by atoms with Gasteiger partial charge in [0.05, 0.1) is 11.5 Å². The zero-order valence-electron chi connectivity index (χ0n) is 11.2. The molecule has 9 nitrogen and oxygen atoms in total. The van der Waals surface area contributed by atoms with Crippen molar-refractivity contribution in [2.75, 3.05) is 17.2 Å². The summed E-state index contributed by atoms with van der Waals surface area (Å²) in [5.41, 5.74) is 5.60. The highest BCUT2D eigenvalue weighted by molar-refractivity contribution is 6.30. The van der Waals surface area contributed by atoms with E-state index in [4.69, 9.17) is 22.7 Å². The largest absolute Gasteiger partial charge is 0.386 e. The van der Waals surface area contributed by atoms with Crippen LogP contribution in [-0.4, -0.2) is 27.3 Å². The topological polar surface area (TPSA) is 143 Å². The van der Waals surface area contributed by atoms with Gasteiger partial charge in [-0.05, 0) is 24.3 Å². The van der Waals surface area contributed by atoms with Crippen LogP contribution < -0.4 is 16.4 Å². The lowest BCUT2D eigenvalue weighted by atomic mass is 10.3. The number of aromatic nitrogens is 2. The number of anilines is 3. The summed E-state index contributed by atoms with van der Waals surface area (Å²) in [6.07, 6.45) is 1.08. The van der Waals surface area contributed by atoms with Crippen LogP contribution in [0, 0.1) is 15.5 Å². The molecule has 2 rings (SSSR count). The molecular formula is C12H12ClN7O2. The van der Waals surface area contributed by atoms with Gasteiger partial charge in [-0.2, -0.15) is 4.98 Å². The number of rotatable bonds is 6. The number of hydrogen-bond acceptors (Lipinski definition) is 7. The first kappa shape index (κ1) is 15.4. The summed E-state index contributed by atoms with van der Waals surface area (Å²) in [7, 11) is 0. The normalized spacial score (nSPS) is 10.0. The Morgan fingerprint density at radius 1 is 1.41 bits per heavy atom. The molecule has 0 saturated heterocycles. The van der Waals surface area contributed by atoms with E-state index >= 15 is 0 Å². The molecule has 0 bridgehead atoms. The van der Waals surface area contributed by atoms with Crippen LogP contribution in [0.3, 0.4) is 0 Å². The lowest BCUT2D eigenvalue weighted by molar-refractivity contribution is -0.384. The highest BCUT2D eigenvalue weighted by Gasteiger charge is 2.17. The zero-order valence-corrected chi connectivity index (χ0v) is 12.0. The predicted octanol–water partition coefficient (Wildman–Crippen LogP) is 2.13. The average molecular weight is 322 g/mol. The van der Waals surface area contributed by atoms with Crippen LogP contribution >= 0.6 is 11.6 Å². The van der Waals surface area contributed by atoms with Crippen molar-refractivity contribution in [2.24, 2.45) is 5.73 Å². The maximum atomic E-state index is 10.9. The van der Waals surface area contributed by atoms with Crippen LogP contribution in [0.1, 0.15) is 0 Å². The van der Waals surface area contributed by atoms with Gasteiger partial charge in [-0.1, -0.05) is 11.6 Å². The summed E-state index contributed by atoms with van der Waals surface area (Å²) < 4.78 is 0. The van der Waals surface area contributed by atoms with Crippen LogP contribution in [0.5, 0.6) is 0 Å². The van der Waals surface area contributed by atoms with Gasteiger partial charge in [0.25, 0.3) is 0 Å². The van der Waals surface area contributed by atoms with Crippen molar-refractivity contribution in [2.45, 2.75) is 0 Å². The quantitative estimate of drug-likeness (QED) is 0.276. The van der Waals surface area contributed by atoms with E-state index in [1.54, 1.807) is 24.3 Å². The van der Waals surface area contributed by atoms with Crippen molar-refractivity contribution in [1.29, 1.82) is 5.41 Å². The predicted molar refractivity (Wildman–Crippen MR) is 83.8 cm³/mol. The first-order chi connectivity index (χ1) is 10.5. The third-order valence-corrected chi connectivity index (χ3v) is 2.76. The van der Waals surface area contributed by atoms with E-state index in [1.165, 1.54) is 0 Å². The third kappa shape index (κ3) is 4.03. The van der Waals surface area contributed by atoms with Crippen molar-refractivity contribution in [3.8, 4) is 0 Å². The lowest BCUT2D eigenvalue weighted by Crippen LogP contribution is -2.22. The number of benzene rings is 1. The molecule has 1 aromatic carbocycles. The SMILES string of the molecule is N=C(N)CNc1nc(Nc2ccc(Cl)cc2)ncc1[N+](=O)[O-]. The fourth-order valence-electron chi connectivity index (χ4n) is 1.54. The number of amidine groups is 1. The summed E-state index contributed by atoms with van der Waals surface area (Å²) in [6, 6.07) is 6.81. The van der Waals surface area contributed by atoms with Gasteiger partial charge in [-0.3, -0.25) is 15.5 Å². The second kappa shape index (κ2) is 6.68. The molecule has 22 heavy (non-hydrogen) atoms. The van der Waals surface area contributed by atoms with Gasteiger partial charge in [0.2, 0.25) is 11.8 Å². The minimum atomic E-state index is -0.617. The Labute approximate surface area is 130 Å². The Hall–Kier alpha value is -2.94. The molecule has 2 aromatic rings. The van der Waals surface area contributed by atoms with E-state index in [9.17, 15) is 10.1 Å². The summed E-state index contributed by atoms with van der Waals surface area (Å²) >= 11 is 5.79. The molecule has 0 fully saturated rings. The fraction of sp³-hybridized carbons (Fsp3) is 0.0833. The van der Waals surface area contributed by atoms with Crippen molar-refractivity contribution in [3.63, 3.8) is 0 Å². The van der Waals surface area contributed by atoms with Gasteiger partial charge in [-0.15, -0.1) is 0 Å². The molecule has 1 aromatic heterocycles. The van der Waals surface area contributed by atoms with E-state index in [0.29, 0.717) is 10.7 Å². The molecule has 0 saturated carbocycles. The van der Waals surface area contributed by atoms with Crippen molar-refractivity contribution < 1.29 is 4.92 Å². The van der Waals surface area contributed by atoms with Gasteiger partial charge in [-0.25, -0.2) is 4.98 Å². The van der Waals surface area contributed by atoms with Crippen LogP contribution in [0.25, 0.3) is 0 Å². The van der Waals surface area contributed by atoms with Gasteiger partial charge in [0, 0.05) is 10.7 Å². The van der Waals surface area contributed by atoms with Gasteiger partial charge < -0.3 is 16.4 Å². The summed E-state index contributed by atoms with van der Waals surface area (Å²) in [6.45, 7) is -0.0573. The Morgan fingerprint density at radius 2 is 2.09 bits per heavy atom. The Bertz CT molecular complexity index is 705. The highest BCUT2D eigenvalue weighted by Crippen LogP contribution is 2.23. The molecule has 0 atom stereocenters. The number of nitrogens with zero attached hydrogens (tertiary/aromatic N) is 3. The van der Waals surface area contributed by atoms with Crippen molar-refractivity contribution >= 4 is 40.6 Å². The number of nitro groups is 1. The molecule has 0 radical (unpaired) electrons. The van der Waals surface area contributed by atoms with Crippen LogP contribution in [0.15, 0.2) is 30.5 Å². The molecule has 0 amide bonds. The van der Waals surface area contributed by atoms with Gasteiger partial charge in [0.1, 0.15) is 12.0 Å². The summed E-state index contributed by atoms with van der Waals surface area (Å²) in [5.74, 6) is -0.0224. The minimum absolute atomic E-state index is 0.0216. The Morgan fingerprint density at radius 3 is 2.68 bits per heavy atom. The van der Waals surface area contributed by atoms with E-state index < -0.39 is 4.92 Å². The van der Waals surface area contributed by atoms with Crippen molar-refractivity contribution in [1.82, 2.24) is 9.97 Å². The maximum absolute atomic E-state index is 10.9. The molecule has 0 unspecified atom stereocenters. The van der Waals surface area contributed by atoms with Gasteiger partial charge in [0.15, 0.2) is 0 Å². The Kier molecular flexibility index (Phi) is 4.69. The molecule has 5 N–H and O–H groups in total. The number of nitrogens with two attached hydrogens (primary N) is 1. The smallest absolute Gasteiger partial charge is 0.329 e. The average Bonchev–Trinajstić information content (AvgIpc) is 2.47. The van der Waals surface area contributed by atoms with Crippen LogP contribution in [0.4, 0.5) is 23.1 Å². The van der Waals surface area contributed by atoms with E-state index in [0.717, 1.165) is 6.20 Å². The lowest BCUT2D eigenvalue weighted by Gasteiger charge is -2.08. The first-order valence-corrected chi connectivity index (χ1v) is 6.44. The van der Waals surface area contributed by atoms with E-state index in [1.807, 2.05) is 0 Å². The number of hydrogen-bond donors (Lipinski definition) is 4. The summed E-state index contributed by atoms with van der Waals surface area (Å²) in [5, 5.41) is 24.2. The second-order valence-electron chi connectivity index (χ2n) is 4.20. The van der Waals surface area contributed by atoms with Crippen LogP contribution in [-0.2, 0) is 0 Å². The molecule has 0 aliphatic heterocycles.